The van der Waals surface area contributed by atoms with Crippen molar-refractivity contribution in [3.05, 3.63) is 30.1 Å². The number of nitrogens with zero attached hydrogens (tertiary/aromatic N) is 2. The standard InChI is InChI=1S/C18H26FN3O.ClH/c1-18(2)8-3-9-20-16(18)17(23)22-12-10-21(11-13-22)15-6-4-14(19)5-7-15;/h4-7,16,20H,3,8-13H2,1-2H3;1H. The van der Waals surface area contributed by atoms with Crippen molar-refractivity contribution in [2.75, 3.05) is 37.6 Å². The van der Waals surface area contributed by atoms with Gasteiger partial charge in [-0.25, -0.2) is 4.39 Å². The molecule has 1 atom stereocenters. The largest absolute Gasteiger partial charge is 0.368 e. The average molecular weight is 356 g/mol. The van der Waals surface area contributed by atoms with Crippen molar-refractivity contribution in [3.63, 3.8) is 0 Å². The van der Waals surface area contributed by atoms with E-state index in [1.54, 1.807) is 12.1 Å². The number of anilines is 1. The number of carbonyl (C=O) groups excluding carboxylic acids is 1. The number of carbonyl (C=O) groups is 1. The minimum absolute atomic E-state index is 0. The van der Waals surface area contributed by atoms with Gasteiger partial charge in [0.25, 0.3) is 0 Å². The highest BCUT2D eigenvalue weighted by Gasteiger charge is 2.39. The number of amides is 1. The van der Waals surface area contributed by atoms with Crippen LogP contribution in [-0.4, -0.2) is 49.6 Å². The summed E-state index contributed by atoms with van der Waals surface area (Å²) >= 11 is 0. The van der Waals surface area contributed by atoms with Gasteiger partial charge in [-0.2, -0.15) is 0 Å². The summed E-state index contributed by atoms with van der Waals surface area (Å²) in [4.78, 5) is 17.0. The first-order valence-electron chi connectivity index (χ1n) is 8.50. The van der Waals surface area contributed by atoms with E-state index in [2.05, 4.69) is 24.1 Å². The lowest BCUT2D eigenvalue weighted by atomic mass is 9.77. The van der Waals surface area contributed by atoms with Crippen LogP contribution in [0, 0.1) is 11.2 Å². The monoisotopic (exact) mass is 355 g/mol. The van der Waals surface area contributed by atoms with Crippen LogP contribution in [0.4, 0.5) is 10.1 Å². The average Bonchev–Trinajstić information content (AvgIpc) is 2.55. The van der Waals surface area contributed by atoms with E-state index in [9.17, 15) is 9.18 Å². The summed E-state index contributed by atoms with van der Waals surface area (Å²) in [7, 11) is 0. The Morgan fingerprint density at radius 2 is 1.79 bits per heavy atom. The fraction of sp³-hybridized carbons (Fsp3) is 0.611. The maximum absolute atomic E-state index is 13.0. The van der Waals surface area contributed by atoms with E-state index in [-0.39, 0.29) is 35.6 Å². The zero-order chi connectivity index (χ0) is 16.4. The van der Waals surface area contributed by atoms with Gasteiger partial charge < -0.3 is 15.1 Å². The zero-order valence-corrected chi connectivity index (χ0v) is 15.2. The van der Waals surface area contributed by atoms with Crippen molar-refractivity contribution in [1.82, 2.24) is 10.2 Å². The molecule has 4 nitrogen and oxygen atoms in total. The maximum Gasteiger partial charge on any atom is 0.240 e. The molecule has 3 rings (SSSR count). The Kier molecular flexibility index (Phi) is 6.10. The Balaban J connectivity index is 0.00000208. The molecule has 1 amide bonds. The van der Waals surface area contributed by atoms with Crippen LogP contribution >= 0.6 is 12.4 Å². The lowest BCUT2D eigenvalue weighted by molar-refractivity contribution is -0.137. The van der Waals surface area contributed by atoms with Crippen LogP contribution < -0.4 is 10.2 Å². The molecule has 1 N–H and O–H groups in total. The van der Waals surface area contributed by atoms with E-state index in [1.807, 2.05) is 4.90 Å². The summed E-state index contributed by atoms with van der Waals surface area (Å²) in [6, 6.07) is 6.51. The van der Waals surface area contributed by atoms with Crippen molar-refractivity contribution in [3.8, 4) is 0 Å². The van der Waals surface area contributed by atoms with Crippen molar-refractivity contribution in [1.29, 1.82) is 0 Å². The molecule has 2 aliphatic heterocycles. The van der Waals surface area contributed by atoms with Gasteiger partial charge in [-0.15, -0.1) is 12.4 Å². The first kappa shape index (κ1) is 19.0. The third kappa shape index (κ3) is 4.01. The summed E-state index contributed by atoms with van der Waals surface area (Å²) in [5.74, 6) is 0.0154. The topological polar surface area (TPSA) is 35.6 Å². The van der Waals surface area contributed by atoms with Gasteiger partial charge in [0.2, 0.25) is 5.91 Å². The third-order valence-corrected chi connectivity index (χ3v) is 5.16. The fourth-order valence-corrected chi connectivity index (χ4v) is 3.65. The minimum Gasteiger partial charge on any atom is -0.368 e. The Hall–Kier alpha value is -1.33. The Labute approximate surface area is 149 Å². The number of nitrogens with one attached hydrogen (secondary N) is 1. The number of piperazine rings is 1. The maximum atomic E-state index is 13.0. The van der Waals surface area contributed by atoms with Gasteiger partial charge in [0.15, 0.2) is 0 Å². The van der Waals surface area contributed by atoms with Crippen molar-refractivity contribution < 1.29 is 9.18 Å². The molecule has 2 heterocycles. The smallest absolute Gasteiger partial charge is 0.240 e. The highest BCUT2D eigenvalue weighted by Crippen LogP contribution is 2.31. The van der Waals surface area contributed by atoms with E-state index in [4.69, 9.17) is 0 Å². The van der Waals surface area contributed by atoms with Crippen molar-refractivity contribution in [2.45, 2.75) is 32.7 Å². The number of halogens is 2. The predicted molar refractivity (Wildman–Crippen MR) is 97.2 cm³/mol. The van der Waals surface area contributed by atoms with E-state index >= 15 is 0 Å². The second-order valence-electron chi connectivity index (χ2n) is 7.27. The molecular formula is C18H27ClFN3O. The van der Waals surface area contributed by atoms with Gasteiger partial charge >= 0.3 is 0 Å². The SMILES string of the molecule is CC1(C)CCCNC1C(=O)N1CCN(c2ccc(F)cc2)CC1.Cl. The fourth-order valence-electron chi connectivity index (χ4n) is 3.65. The molecular weight excluding hydrogens is 329 g/mol. The third-order valence-electron chi connectivity index (χ3n) is 5.16. The Morgan fingerprint density at radius 3 is 2.38 bits per heavy atom. The van der Waals surface area contributed by atoms with Gasteiger partial charge in [0, 0.05) is 31.9 Å². The van der Waals surface area contributed by atoms with Gasteiger partial charge in [-0.3, -0.25) is 4.79 Å². The Bertz CT molecular complexity index is 556. The predicted octanol–water partition coefficient (Wildman–Crippen LogP) is 2.67. The van der Waals surface area contributed by atoms with Crippen LogP contribution in [0.3, 0.4) is 0 Å². The van der Waals surface area contributed by atoms with Crippen LogP contribution in [-0.2, 0) is 4.79 Å². The number of benzene rings is 1. The molecule has 0 saturated carbocycles. The van der Waals surface area contributed by atoms with Gasteiger partial charge in [0.1, 0.15) is 5.82 Å². The molecule has 1 aromatic carbocycles. The van der Waals surface area contributed by atoms with Crippen LogP contribution in [0.15, 0.2) is 24.3 Å². The molecule has 134 valence electrons. The Morgan fingerprint density at radius 1 is 1.17 bits per heavy atom. The lowest BCUT2D eigenvalue weighted by Crippen LogP contribution is -2.59. The first-order valence-corrected chi connectivity index (χ1v) is 8.50. The zero-order valence-electron chi connectivity index (χ0n) is 14.4. The highest BCUT2D eigenvalue weighted by atomic mass is 35.5. The molecule has 2 fully saturated rings. The summed E-state index contributed by atoms with van der Waals surface area (Å²) in [5.41, 5.74) is 1.04. The second-order valence-corrected chi connectivity index (χ2v) is 7.27. The van der Waals surface area contributed by atoms with E-state index in [0.29, 0.717) is 0 Å². The molecule has 2 aliphatic rings. The quantitative estimate of drug-likeness (QED) is 0.886. The molecule has 0 radical (unpaired) electrons. The second kappa shape index (κ2) is 7.70. The molecule has 24 heavy (non-hydrogen) atoms. The van der Waals surface area contributed by atoms with Crippen LogP contribution in [0.25, 0.3) is 0 Å². The molecule has 0 aromatic heterocycles. The van der Waals surface area contributed by atoms with E-state index < -0.39 is 0 Å². The number of piperidine rings is 1. The first-order chi connectivity index (χ1) is 11.0. The van der Waals surface area contributed by atoms with E-state index in [0.717, 1.165) is 51.3 Å². The van der Waals surface area contributed by atoms with Crippen LogP contribution in [0.2, 0.25) is 0 Å². The van der Waals surface area contributed by atoms with Gasteiger partial charge in [-0.05, 0) is 49.1 Å². The molecule has 0 bridgehead atoms. The number of rotatable bonds is 2. The lowest BCUT2D eigenvalue weighted by Gasteiger charge is -2.43. The van der Waals surface area contributed by atoms with Crippen molar-refractivity contribution >= 4 is 24.0 Å². The highest BCUT2D eigenvalue weighted by molar-refractivity contribution is 5.85. The summed E-state index contributed by atoms with van der Waals surface area (Å²) in [6.07, 6.45) is 2.22. The molecule has 1 unspecified atom stereocenters. The number of hydrogen-bond donors (Lipinski definition) is 1. The molecule has 1 aromatic rings. The van der Waals surface area contributed by atoms with E-state index in [1.165, 1.54) is 12.1 Å². The number of hydrogen-bond acceptors (Lipinski definition) is 3. The molecule has 0 spiro atoms. The summed E-state index contributed by atoms with van der Waals surface area (Å²) < 4.78 is 13.0. The summed E-state index contributed by atoms with van der Waals surface area (Å²) in [6.45, 7) is 8.33. The normalized spacial score (nSPS) is 23.5. The molecule has 6 heteroatoms. The van der Waals surface area contributed by atoms with Crippen LogP contribution in [0.1, 0.15) is 26.7 Å². The summed E-state index contributed by atoms with van der Waals surface area (Å²) in [5, 5.41) is 3.41. The van der Waals surface area contributed by atoms with Gasteiger partial charge in [0.05, 0.1) is 6.04 Å². The van der Waals surface area contributed by atoms with Crippen molar-refractivity contribution in [2.24, 2.45) is 5.41 Å². The van der Waals surface area contributed by atoms with Crippen LogP contribution in [0.5, 0.6) is 0 Å². The molecule has 2 saturated heterocycles. The minimum atomic E-state index is -0.215. The van der Waals surface area contributed by atoms with Gasteiger partial charge in [-0.1, -0.05) is 13.8 Å². The molecule has 0 aliphatic carbocycles.